The van der Waals surface area contributed by atoms with E-state index >= 15 is 0 Å². The topological polar surface area (TPSA) is 61.1 Å². The van der Waals surface area contributed by atoms with Gasteiger partial charge in [0.1, 0.15) is 0 Å². The second-order valence-corrected chi connectivity index (χ2v) is 7.02. The lowest BCUT2D eigenvalue weighted by atomic mass is 10.2. The first-order chi connectivity index (χ1) is 11.4. The van der Waals surface area contributed by atoms with Crippen LogP contribution in [0.5, 0.6) is 0 Å². The monoisotopic (exact) mass is 324 g/mol. The van der Waals surface area contributed by atoms with Gasteiger partial charge in [-0.25, -0.2) is 20.0 Å². The van der Waals surface area contributed by atoms with Crippen LogP contribution < -0.4 is 21.7 Å². The SMILES string of the molecule is C1CNN(C(CC(N2CCCN2)N2CCCN2)N2CCCN2)C1. The fourth-order valence-corrected chi connectivity index (χ4v) is 4.26. The van der Waals surface area contributed by atoms with Gasteiger partial charge in [-0.3, -0.25) is 21.7 Å². The minimum atomic E-state index is 0.412. The Labute approximate surface area is 139 Å². The molecule has 4 N–H and O–H groups in total. The van der Waals surface area contributed by atoms with Crippen molar-refractivity contribution < 1.29 is 0 Å². The Balaban J connectivity index is 1.48. The van der Waals surface area contributed by atoms with Crippen LogP contribution in [-0.4, -0.2) is 84.7 Å². The van der Waals surface area contributed by atoms with Gasteiger partial charge in [0.25, 0.3) is 0 Å². The average molecular weight is 324 g/mol. The molecule has 0 aromatic carbocycles. The summed E-state index contributed by atoms with van der Waals surface area (Å²) in [5.41, 5.74) is 14.4. The number of hydrazine groups is 4. The lowest BCUT2D eigenvalue weighted by molar-refractivity contribution is -0.0584. The van der Waals surface area contributed by atoms with Crippen molar-refractivity contribution >= 4 is 0 Å². The molecule has 0 aromatic rings. The summed E-state index contributed by atoms with van der Waals surface area (Å²) < 4.78 is 0. The molecule has 4 aliphatic rings. The molecule has 0 radical (unpaired) electrons. The molecule has 23 heavy (non-hydrogen) atoms. The molecule has 4 rings (SSSR count). The summed E-state index contributed by atoms with van der Waals surface area (Å²) in [6.07, 6.45) is 6.93. The van der Waals surface area contributed by atoms with Gasteiger partial charge in [-0.2, -0.15) is 0 Å². The smallest absolute Gasteiger partial charge is 0.0917 e. The van der Waals surface area contributed by atoms with Crippen molar-refractivity contribution in [2.75, 3.05) is 52.4 Å². The van der Waals surface area contributed by atoms with Gasteiger partial charge < -0.3 is 0 Å². The van der Waals surface area contributed by atoms with Gasteiger partial charge in [0.15, 0.2) is 0 Å². The largest absolute Gasteiger partial charge is 0.254 e. The van der Waals surface area contributed by atoms with Crippen molar-refractivity contribution in [3.63, 3.8) is 0 Å². The standard InChI is InChI=1S/C15H32N8/c1-5-16-20(9-1)14(21-10-2-6-17-21)13-15(22-11-3-7-18-22)23-12-4-8-19-23/h14-19H,1-13H2. The van der Waals surface area contributed by atoms with Crippen LogP contribution in [0.4, 0.5) is 0 Å². The average Bonchev–Trinajstić information content (AvgIpc) is 3.35. The van der Waals surface area contributed by atoms with Gasteiger partial charge in [-0.1, -0.05) is 0 Å². The van der Waals surface area contributed by atoms with Gasteiger partial charge >= 0.3 is 0 Å². The third kappa shape index (κ3) is 3.69. The Hall–Kier alpha value is -0.320. The number of hydrogen-bond donors (Lipinski definition) is 4. The third-order valence-electron chi connectivity index (χ3n) is 5.42. The van der Waals surface area contributed by atoms with Crippen LogP contribution in [0.3, 0.4) is 0 Å². The van der Waals surface area contributed by atoms with Crippen molar-refractivity contribution in [3.05, 3.63) is 0 Å². The van der Waals surface area contributed by atoms with E-state index in [0.717, 1.165) is 58.8 Å². The van der Waals surface area contributed by atoms with Gasteiger partial charge in [0, 0.05) is 58.8 Å². The first kappa shape index (κ1) is 16.2. The summed E-state index contributed by atoms with van der Waals surface area (Å²) >= 11 is 0. The Morgan fingerprint density at radius 1 is 0.522 bits per heavy atom. The van der Waals surface area contributed by atoms with Gasteiger partial charge in [0.05, 0.1) is 12.3 Å². The molecule has 0 bridgehead atoms. The summed E-state index contributed by atoms with van der Waals surface area (Å²) in [4.78, 5) is 0. The highest BCUT2D eigenvalue weighted by atomic mass is 15.7. The molecule has 4 heterocycles. The normalized spacial score (nSPS) is 29.0. The van der Waals surface area contributed by atoms with E-state index in [9.17, 15) is 0 Å². The van der Waals surface area contributed by atoms with E-state index in [-0.39, 0.29) is 0 Å². The van der Waals surface area contributed by atoms with E-state index in [0.29, 0.717) is 12.3 Å². The number of rotatable bonds is 6. The number of hydrogen-bond acceptors (Lipinski definition) is 8. The van der Waals surface area contributed by atoms with Gasteiger partial charge in [-0.05, 0) is 25.7 Å². The van der Waals surface area contributed by atoms with Crippen LogP contribution in [0.2, 0.25) is 0 Å². The molecule has 4 aliphatic heterocycles. The molecule has 132 valence electrons. The number of nitrogens with one attached hydrogen (secondary N) is 4. The van der Waals surface area contributed by atoms with E-state index in [2.05, 4.69) is 41.7 Å². The highest BCUT2D eigenvalue weighted by Gasteiger charge is 2.37. The van der Waals surface area contributed by atoms with Crippen LogP contribution >= 0.6 is 0 Å². The summed E-state index contributed by atoms with van der Waals surface area (Å²) in [5, 5.41) is 9.82. The van der Waals surface area contributed by atoms with E-state index in [1.54, 1.807) is 0 Å². The quantitative estimate of drug-likeness (QED) is 0.490. The summed E-state index contributed by atoms with van der Waals surface area (Å²) in [7, 11) is 0. The van der Waals surface area contributed by atoms with Crippen molar-refractivity contribution in [1.82, 2.24) is 41.7 Å². The molecule has 0 aliphatic carbocycles. The highest BCUT2D eigenvalue weighted by Crippen LogP contribution is 2.21. The Morgan fingerprint density at radius 3 is 1.04 bits per heavy atom. The van der Waals surface area contributed by atoms with Gasteiger partial charge in [-0.15, -0.1) is 0 Å². The molecule has 0 spiro atoms. The van der Waals surface area contributed by atoms with E-state index in [4.69, 9.17) is 0 Å². The van der Waals surface area contributed by atoms with Crippen LogP contribution in [0.1, 0.15) is 32.1 Å². The van der Waals surface area contributed by atoms with Crippen molar-refractivity contribution in [2.24, 2.45) is 0 Å². The summed E-state index contributed by atoms with van der Waals surface area (Å²) in [6.45, 7) is 9.04. The molecular weight excluding hydrogens is 292 g/mol. The zero-order chi connectivity index (χ0) is 15.5. The Bertz CT molecular complexity index is 290. The zero-order valence-corrected chi connectivity index (χ0v) is 14.1. The predicted molar refractivity (Wildman–Crippen MR) is 89.5 cm³/mol. The van der Waals surface area contributed by atoms with Gasteiger partial charge in [0.2, 0.25) is 0 Å². The molecule has 0 saturated carbocycles. The molecular formula is C15H32N8. The molecule has 0 aromatic heterocycles. The lowest BCUT2D eigenvalue weighted by Gasteiger charge is -2.42. The van der Waals surface area contributed by atoms with Crippen molar-refractivity contribution in [3.8, 4) is 0 Å². The van der Waals surface area contributed by atoms with E-state index in [1.807, 2.05) is 0 Å². The summed E-state index contributed by atoms with van der Waals surface area (Å²) in [5.74, 6) is 0. The van der Waals surface area contributed by atoms with Crippen LogP contribution in [0.15, 0.2) is 0 Å². The fourth-order valence-electron chi connectivity index (χ4n) is 4.26. The number of nitrogens with zero attached hydrogens (tertiary/aromatic N) is 4. The maximum absolute atomic E-state index is 3.59. The van der Waals surface area contributed by atoms with Crippen molar-refractivity contribution in [1.29, 1.82) is 0 Å². The van der Waals surface area contributed by atoms with Crippen LogP contribution in [0, 0.1) is 0 Å². The lowest BCUT2D eigenvalue weighted by Crippen LogP contribution is -2.61. The first-order valence-corrected chi connectivity index (χ1v) is 9.42. The molecule has 4 saturated heterocycles. The Kier molecular flexibility index (Phi) is 5.42. The fraction of sp³-hybridized carbons (Fsp3) is 1.00. The highest BCUT2D eigenvalue weighted by molar-refractivity contribution is 4.84. The first-order valence-electron chi connectivity index (χ1n) is 9.42. The van der Waals surface area contributed by atoms with E-state index < -0.39 is 0 Å². The zero-order valence-electron chi connectivity index (χ0n) is 14.1. The molecule has 0 amide bonds. The maximum Gasteiger partial charge on any atom is 0.0917 e. The minimum absolute atomic E-state index is 0.412. The van der Waals surface area contributed by atoms with Crippen molar-refractivity contribution in [2.45, 2.75) is 44.4 Å². The summed E-state index contributed by atoms with van der Waals surface area (Å²) in [6, 6.07) is 0. The Morgan fingerprint density at radius 2 is 0.826 bits per heavy atom. The molecule has 0 atom stereocenters. The second-order valence-electron chi connectivity index (χ2n) is 7.02. The predicted octanol–water partition coefficient (Wildman–Crippen LogP) is -1.13. The van der Waals surface area contributed by atoms with Crippen LogP contribution in [0.25, 0.3) is 0 Å². The maximum atomic E-state index is 3.59. The molecule has 0 unspecified atom stereocenters. The molecule has 4 fully saturated rings. The third-order valence-corrected chi connectivity index (χ3v) is 5.42. The van der Waals surface area contributed by atoms with E-state index in [1.165, 1.54) is 25.7 Å². The molecule has 8 nitrogen and oxygen atoms in total. The van der Waals surface area contributed by atoms with Crippen LogP contribution in [-0.2, 0) is 0 Å². The molecule has 8 heteroatoms. The second kappa shape index (κ2) is 7.71. The minimum Gasteiger partial charge on any atom is -0.254 e.